The molecule has 3 rings (SSSR count). The number of nitriles is 1. The summed E-state index contributed by atoms with van der Waals surface area (Å²) in [5, 5.41) is 9.35. The van der Waals surface area contributed by atoms with Crippen molar-refractivity contribution in [3.63, 3.8) is 0 Å². The molecule has 2 aromatic carbocycles. The fourth-order valence-corrected chi connectivity index (χ4v) is 2.87. The Morgan fingerprint density at radius 1 is 1.32 bits per heavy atom. The maximum Gasteiger partial charge on any atom is 0.159 e. The van der Waals surface area contributed by atoms with E-state index < -0.39 is 11.6 Å². The Balaban J connectivity index is 0.00000280. The normalized spacial score (nSPS) is 11.2. The lowest BCUT2D eigenvalue weighted by Gasteiger charge is -2.09. The first kappa shape index (κ1) is 21.2. The smallest absolute Gasteiger partial charge is 0.159 e. The van der Waals surface area contributed by atoms with Crippen molar-refractivity contribution in [2.24, 2.45) is 5.73 Å². The third kappa shape index (κ3) is 4.09. The number of hydrogen-bond donors (Lipinski definition) is 1. The van der Waals surface area contributed by atoms with Gasteiger partial charge in [0.05, 0.1) is 35.5 Å². The van der Waals surface area contributed by atoms with Crippen molar-refractivity contribution in [2.75, 3.05) is 6.54 Å². The SMILES string of the molecule is CC(=O)c1ccc(F)c(-c2cc(C#N)cc3c2ncn3CC(F)=CCN)c1.Cl. The van der Waals surface area contributed by atoms with E-state index in [0.29, 0.717) is 22.2 Å². The van der Waals surface area contributed by atoms with Gasteiger partial charge in [0.1, 0.15) is 11.6 Å². The number of imidazole rings is 1. The second-order valence-electron chi connectivity index (χ2n) is 6.01. The summed E-state index contributed by atoms with van der Waals surface area (Å²) in [4.78, 5) is 15.9. The van der Waals surface area contributed by atoms with Crippen LogP contribution in [-0.4, -0.2) is 21.9 Å². The number of carbonyl (C=O) groups is 1. The van der Waals surface area contributed by atoms with E-state index in [1.165, 1.54) is 48.2 Å². The van der Waals surface area contributed by atoms with E-state index in [9.17, 15) is 18.8 Å². The van der Waals surface area contributed by atoms with Gasteiger partial charge >= 0.3 is 0 Å². The number of allylic oxidation sites excluding steroid dienone is 1. The van der Waals surface area contributed by atoms with Crippen LogP contribution in [0.2, 0.25) is 0 Å². The van der Waals surface area contributed by atoms with Crippen molar-refractivity contribution in [1.29, 1.82) is 5.26 Å². The van der Waals surface area contributed by atoms with Crippen molar-refractivity contribution in [2.45, 2.75) is 13.5 Å². The van der Waals surface area contributed by atoms with E-state index in [1.807, 2.05) is 6.07 Å². The van der Waals surface area contributed by atoms with Gasteiger partial charge in [0.2, 0.25) is 0 Å². The molecule has 144 valence electrons. The summed E-state index contributed by atoms with van der Waals surface area (Å²) < 4.78 is 29.9. The second kappa shape index (κ2) is 8.74. The molecule has 5 nitrogen and oxygen atoms in total. The van der Waals surface area contributed by atoms with Crippen LogP contribution in [0.3, 0.4) is 0 Å². The molecule has 0 aliphatic rings. The Bertz CT molecular complexity index is 1120. The first-order chi connectivity index (χ1) is 12.9. The fraction of sp³-hybridized carbons (Fsp3) is 0.150. The highest BCUT2D eigenvalue weighted by molar-refractivity contribution is 5.98. The molecule has 0 radical (unpaired) electrons. The first-order valence-electron chi connectivity index (χ1n) is 8.19. The van der Waals surface area contributed by atoms with E-state index in [0.717, 1.165) is 0 Å². The number of Topliss-reactive ketones (excluding diaryl/α,β-unsaturated/α-hetero) is 1. The summed E-state index contributed by atoms with van der Waals surface area (Å²) in [5.74, 6) is -1.19. The molecule has 0 aliphatic heterocycles. The molecule has 2 N–H and O–H groups in total. The van der Waals surface area contributed by atoms with Crippen LogP contribution < -0.4 is 5.73 Å². The van der Waals surface area contributed by atoms with Gasteiger partial charge in [-0.15, -0.1) is 12.4 Å². The van der Waals surface area contributed by atoms with Crippen LogP contribution >= 0.6 is 12.4 Å². The van der Waals surface area contributed by atoms with Crippen LogP contribution in [0.1, 0.15) is 22.8 Å². The number of aromatic nitrogens is 2. The Morgan fingerprint density at radius 3 is 2.71 bits per heavy atom. The Kier molecular flexibility index (Phi) is 6.62. The average Bonchev–Trinajstić information content (AvgIpc) is 3.04. The largest absolute Gasteiger partial charge is 0.327 e. The van der Waals surface area contributed by atoms with E-state index in [2.05, 4.69) is 4.98 Å². The molecular weight excluding hydrogens is 386 g/mol. The molecule has 0 spiro atoms. The van der Waals surface area contributed by atoms with E-state index in [4.69, 9.17) is 5.73 Å². The number of ketones is 1. The maximum atomic E-state index is 14.5. The van der Waals surface area contributed by atoms with Gasteiger partial charge in [-0.05, 0) is 43.3 Å². The van der Waals surface area contributed by atoms with Gasteiger partial charge in [0.15, 0.2) is 5.78 Å². The average molecular weight is 403 g/mol. The molecule has 28 heavy (non-hydrogen) atoms. The highest BCUT2D eigenvalue weighted by Gasteiger charge is 2.16. The van der Waals surface area contributed by atoms with Crippen LogP contribution in [0.15, 0.2) is 48.6 Å². The van der Waals surface area contributed by atoms with Crippen LogP contribution in [0, 0.1) is 17.1 Å². The molecule has 0 aliphatic carbocycles. The van der Waals surface area contributed by atoms with Crippen LogP contribution in [0.5, 0.6) is 0 Å². The van der Waals surface area contributed by atoms with Gasteiger partial charge in [-0.3, -0.25) is 4.79 Å². The molecule has 0 bridgehead atoms. The quantitative estimate of drug-likeness (QED) is 0.649. The lowest BCUT2D eigenvalue weighted by Crippen LogP contribution is -2.01. The summed E-state index contributed by atoms with van der Waals surface area (Å²) in [7, 11) is 0. The number of carbonyl (C=O) groups excluding carboxylic acids is 1. The van der Waals surface area contributed by atoms with Gasteiger partial charge in [-0.25, -0.2) is 13.8 Å². The topological polar surface area (TPSA) is 84.7 Å². The van der Waals surface area contributed by atoms with Crippen molar-refractivity contribution in [3.05, 3.63) is 65.5 Å². The number of hydrogen-bond acceptors (Lipinski definition) is 4. The Morgan fingerprint density at radius 2 is 2.07 bits per heavy atom. The molecule has 8 heteroatoms. The monoisotopic (exact) mass is 402 g/mol. The second-order valence-corrected chi connectivity index (χ2v) is 6.01. The minimum absolute atomic E-state index is 0. The van der Waals surface area contributed by atoms with E-state index in [1.54, 1.807) is 6.07 Å². The summed E-state index contributed by atoms with van der Waals surface area (Å²) >= 11 is 0. The summed E-state index contributed by atoms with van der Waals surface area (Å²) in [5.41, 5.74) is 7.36. The summed E-state index contributed by atoms with van der Waals surface area (Å²) in [6.07, 6.45) is 2.67. The van der Waals surface area contributed by atoms with Gasteiger partial charge in [-0.1, -0.05) is 0 Å². The lowest BCUT2D eigenvalue weighted by atomic mass is 9.98. The van der Waals surface area contributed by atoms with Crippen molar-refractivity contribution < 1.29 is 13.6 Å². The molecule has 0 saturated heterocycles. The number of halogens is 3. The van der Waals surface area contributed by atoms with Crippen molar-refractivity contribution in [1.82, 2.24) is 9.55 Å². The van der Waals surface area contributed by atoms with Gasteiger partial charge in [0.25, 0.3) is 0 Å². The molecule has 1 heterocycles. The van der Waals surface area contributed by atoms with Crippen molar-refractivity contribution in [3.8, 4) is 17.2 Å². The molecule has 0 atom stereocenters. The molecule has 0 fully saturated rings. The number of benzene rings is 2. The lowest BCUT2D eigenvalue weighted by molar-refractivity contribution is 0.101. The first-order valence-corrected chi connectivity index (χ1v) is 8.19. The molecule has 0 saturated carbocycles. The third-order valence-corrected chi connectivity index (χ3v) is 4.18. The number of rotatable bonds is 5. The standard InChI is InChI=1S/C20H16F2N4O.ClH/c1-12(27)14-2-3-18(22)16(8-14)17-6-13(9-24)7-19-20(17)25-11-26(19)10-15(21)4-5-23;/h2-4,6-8,11H,5,10,23H2,1H3;1H. The zero-order chi connectivity index (χ0) is 19.6. The zero-order valence-corrected chi connectivity index (χ0v) is 15.8. The molecule has 0 unspecified atom stereocenters. The third-order valence-electron chi connectivity index (χ3n) is 4.18. The van der Waals surface area contributed by atoms with Gasteiger partial charge < -0.3 is 10.3 Å². The number of fused-ring (bicyclic) bond motifs is 1. The molecule has 0 amide bonds. The predicted molar refractivity (Wildman–Crippen MR) is 105 cm³/mol. The van der Waals surface area contributed by atoms with E-state index in [-0.39, 0.29) is 42.4 Å². The fourth-order valence-electron chi connectivity index (χ4n) is 2.87. The minimum atomic E-state index is -0.542. The Hall–Kier alpha value is -3.08. The van der Waals surface area contributed by atoms with E-state index >= 15 is 0 Å². The highest BCUT2D eigenvalue weighted by Crippen LogP contribution is 2.32. The number of nitrogens with zero attached hydrogens (tertiary/aromatic N) is 3. The Labute approximate surface area is 166 Å². The van der Waals surface area contributed by atoms with Crippen molar-refractivity contribution >= 4 is 29.2 Å². The maximum absolute atomic E-state index is 14.5. The zero-order valence-electron chi connectivity index (χ0n) is 14.9. The van der Waals surface area contributed by atoms with Crippen LogP contribution in [-0.2, 0) is 6.54 Å². The number of nitrogens with two attached hydrogens (primary N) is 1. The predicted octanol–water partition coefficient (Wildman–Crippen LogP) is 4.15. The summed E-state index contributed by atoms with van der Waals surface area (Å²) in [6, 6.07) is 9.13. The van der Waals surface area contributed by atoms with Gasteiger partial charge in [0, 0.05) is 23.2 Å². The molecular formula is C20H17ClF2N4O. The van der Waals surface area contributed by atoms with Gasteiger partial charge in [-0.2, -0.15) is 5.26 Å². The molecule has 3 aromatic rings. The van der Waals surface area contributed by atoms with Crippen LogP contribution in [0.4, 0.5) is 8.78 Å². The summed E-state index contributed by atoms with van der Waals surface area (Å²) in [6.45, 7) is 1.35. The molecule has 1 aromatic heterocycles. The minimum Gasteiger partial charge on any atom is -0.327 e. The van der Waals surface area contributed by atoms with Crippen LogP contribution in [0.25, 0.3) is 22.2 Å². The highest BCUT2D eigenvalue weighted by atomic mass is 35.5.